The van der Waals surface area contributed by atoms with Gasteiger partial charge < -0.3 is 10.2 Å². The van der Waals surface area contributed by atoms with Crippen molar-refractivity contribution in [3.8, 4) is 0 Å². The molecule has 1 fully saturated rings. The molecule has 10 heteroatoms. The van der Waals surface area contributed by atoms with Crippen molar-refractivity contribution in [2.24, 2.45) is 7.05 Å². The van der Waals surface area contributed by atoms with Crippen molar-refractivity contribution < 1.29 is 13.2 Å². The first kappa shape index (κ1) is 19.6. The Hall–Kier alpha value is -2.20. The molecule has 3 heterocycles. The molecule has 0 radical (unpaired) electrons. The molecule has 0 atom stereocenters. The summed E-state index contributed by atoms with van der Waals surface area (Å²) in [5, 5.41) is 11.4. The van der Waals surface area contributed by atoms with E-state index in [1.54, 1.807) is 54.1 Å². The van der Waals surface area contributed by atoms with Crippen molar-refractivity contribution in [3.05, 3.63) is 30.7 Å². The summed E-state index contributed by atoms with van der Waals surface area (Å²) < 4.78 is 26.9. The topological polar surface area (TPSA) is 102 Å². The van der Waals surface area contributed by atoms with Gasteiger partial charge in [0.15, 0.2) is 15.7 Å². The molecule has 27 heavy (non-hydrogen) atoms. The molecule has 0 spiro atoms. The highest BCUT2D eigenvalue weighted by Crippen LogP contribution is 2.31. The largest absolute Gasteiger partial charge is 0.307 e. The van der Waals surface area contributed by atoms with E-state index in [0.29, 0.717) is 38.3 Å². The number of hydrogen-bond donors (Lipinski definition) is 1. The molecule has 0 bridgehead atoms. The number of carbonyl (C=O) groups excluding carboxylic acids is 1. The van der Waals surface area contributed by atoms with Crippen LogP contribution < -0.4 is 5.32 Å². The van der Waals surface area contributed by atoms with Gasteiger partial charge in [-0.15, -0.1) is 0 Å². The molecule has 3 rings (SSSR count). The van der Waals surface area contributed by atoms with Crippen LogP contribution in [-0.2, 0) is 27.2 Å². The quantitative estimate of drug-likeness (QED) is 0.733. The molecule has 2 aromatic heterocycles. The smallest absolute Gasteiger partial charge is 0.253 e. The second-order valence-corrected chi connectivity index (χ2v) is 9.36. The maximum Gasteiger partial charge on any atom is 0.253 e. The van der Waals surface area contributed by atoms with Gasteiger partial charge in [0.1, 0.15) is 5.54 Å². The number of likely N-dealkylation sites (tertiary alicyclic amines) is 1. The molecule has 1 aliphatic rings. The van der Waals surface area contributed by atoms with Crippen molar-refractivity contribution in [2.75, 3.05) is 36.5 Å². The second kappa shape index (κ2) is 7.81. The predicted molar refractivity (Wildman–Crippen MR) is 102 cm³/mol. The molecule has 1 aliphatic heterocycles. The average molecular weight is 395 g/mol. The van der Waals surface area contributed by atoms with E-state index in [1.807, 2.05) is 0 Å². The predicted octanol–water partition coefficient (Wildman–Crippen LogP) is 0.481. The molecule has 0 unspecified atom stereocenters. The summed E-state index contributed by atoms with van der Waals surface area (Å²) in [6, 6.07) is 3.55. The molecule has 148 valence electrons. The number of anilines is 1. The Bertz CT molecular complexity index is 866. The van der Waals surface area contributed by atoms with Crippen LogP contribution in [-0.4, -0.2) is 69.9 Å². The number of nitrogens with zero attached hydrogens (tertiary/aromatic N) is 5. The zero-order valence-electron chi connectivity index (χ0n) is 15.7. The van der Waals surface area contributed by atoms with Gasteiger partial charge in [-0.05, 0) is 18.9 Å². The van der Waals surface area contributed by atoms with Crippen LogP contribution in [0.1, 0.15) is 19.8 Å². The zero-order valence-corrected chi connectivity index (χ0v) is 16.5. The Morgan fingerprint density at radius 1 is 1.30 bits per heavy atom. The van der Waals surface area contributed by atoms with E-state index >= 15 is 0 Å². The van der Waals surface area contributed by atoms with Crippen molar-refractivity contribution in [3.63, 3.8) is 0 Å². The van der Waals surface area contributed by atoms with E-state index in [2.05, 4.69) is 20.4 Å². The highest BCUT2D eigenvalue weighted by Gasteiger charge is 2.44. The van der Waals surface area contributed by atoms with E-state index in [1.165, 1.54) is 0 Å². The number of amides is 1. The van der Waals surface area contributed by atoms with E-state index in [9.17, 15) is 13.2 Å². The Morgan fingerprint density at radius 3 is 2.59 bits per heavy atom. The summed E-state index contributed by atoms with van der Waals surface area (Å²) >= 11 is 0. The Balaban J connectivity index is 1.71. The van der Waals surface area contributed by atoms with Crippen molar-refractivity contribution in [1.82, 2.24) is 24.5 Å². The lowest BCUT2D eigenvalue weighted by atomic mass is 9.86. The molecule has 1 amide bonds. The fraction of sp³-hybridized carbons (Fsp3) is 0.588. The van der Waals surface area contributed by atoms with Gasteiger partial charge in [-0.25, -0.2) is 8.42 Å². The number of nitrogens with one attached hydrogen (secondary N) is 1. The highest BCUT2D eigenvalue weighted by atomic mass is 32.2. The van der Waals surface area contributed by atoms with Crippen molar-refractivity contribution in [1.29, 1.82) is 0 Å². The first-order valence-electron chi connectivity index (χ1n) is 9.09. The standard InChI is InChI=1S/C17H26N6O3S/c1-3-27(25,26)14-13-22-11-6-17(7-12-22,23-9-4-8-18-23)16(24)19-15-5-10-21(2)20-15/h4-5,8-10H,3,6-7,11-14H2,1-2H3,(H,19,20,24). The summed E-state index contributed by atoms with van der Waals surface area (Å²) in [5.74, 6) is 0.666. The highest BCUT2D eigenvalue weighted by molar-refractivity contribution is 7.91. The zero-order chi connectivity index (χ0) is 19.5. The molecule has 0 aromatic carbocycles. The number of sulfone groups is 1. The summed E-state index contributed by atoms with van der Waals surface area (Å²) in [6.07, 6.45) is 6.34. The van der Waals surface area contributed by atoms with Crippen molar-refractivity contribution >= 4 is 21.6 Å². The number of rotatable bonds is 7. The van der Waals surface area contributed by atoms with Crippen LogP contribution in [0.15, 0.2) is 30.7 Å². The van der Waals surface area contributed by atoms with Crippen LogP contribution in [0.3, 0.4) is 0 Å². The molecular formula is C17H26N6O3S. The fourth-order valence-electron chi connectivity index (χ4n) is 3.36. The first-order chi connectivity index (χ1) is 12.8. The monoisotopic (exact) mass is 394 g/mol. The Morgan fingerprint density at radius 2 is 2.04 bits per heavy atom. The lowest BCUT2D eigenvalue weighted by Crippen LogP contribution is -2.54. The molecule has 0 saturated carbocycles. The molecule has 1 N–H and O–H groups in total. The average Bonchev–Trinajstić information content (AvgIpc) is 3.33. The van der Waals surface area contributed by atoms with E-state index in [4.69, 9.17) is 0 Å². The van der Waals surface area contributed by atoms with Gasteiger partial charge >= 0.3 is 0 Å². The SMILES string of the molecule is CCS(=O)(=O)CCN1CCC(C(=O)Nc2ccn(C)n2)(n2cccn2)CC1. The maximum absolute atomic E-state index is 13.1. The third-order valence-corrected chi connectivity index (χ3v) is 6.85. The minimum absolute atomic E-state index is 0.147. The maximum atomic E-state index is 13.1. The van der Waals surface area contributed by atoms with Gasteiger partial charge in [0.2, 0.25) is 0 Å². The van der Waals surface area contributed by atoms with Crippen LogP contribution in [0.5, 0.6) is 0 Å². The van der Waals surface area contributed by atoms with Gasteiger partial charge in [-0.3, -0.25) is 14.2 Å². The molecule has 1 saturated heterocycles. The van der Waals surface area contributed by atoms with Gasteiger partial charge in [0.05, 0.1) is 5.75 Å². The molecule has 2 aromatic rings. The van der Waals surface area contributed by atoms with E-state index in [0.717, 1.165) is 0 Å². The minimum atomic E-state index is -2.99. The first-order valence-corrected chi connectivity index (χ1v) is 10.9. The Labute approximate surface area is 159 Å². The third-order valence-electron chi connectivity index (χ3n) is 5.16. The van der Waals surface area contributed by atoms with Gasteiger partial charge in [-0.1, -0.05) is 6.92 Å². The summed E-state index contributed by atoms with van der Waals surface area (Å²) in [6.45, 7) is 3.42. The number of aryl methyl sites for hydroxylation is 1. The van der Waals surface area contributed by atoms with Gasteiger partial charge in [0.25, 0.3) is 5.91 Å². The van der Waals surface area contributed by atoms with Crippen LogP contribution in [0.25, 0.3) is 0 Å². The molecular weight excluding hydrogens is 368 g/mol. The number of hydrogen-bond acceptors (Lipinski definition) is 6. The fourth-order valence-corrected chi connectivity index (χ4v) is 4.18. The normalized spacial score (nSPS) is 17.7. The lowest BCUT2D eigenvalue weighted by Gasteiger charge is -2.40. The summed E-state index contributed by atoms with van der Waals surface area (Å²) in [4.78, 5) is 15.2. The van der Waals surface area contributed by atoms with Crippen LogP contribution >= 0.6 is 0 Å². The van der Waals surface area contributed by atoms with Crippen LogP contribution in [0.4, 0.5) is 5.82 Å². The Kier molecular flexibility index (Phi) is 5.66. The molecule has 0 aliphatic carbocycles. The number of carbonyl (C=O) groups is 1. The van der Waals surface area contributed by atoms with Gasteiger partial charge in [0, 0.05) is 57.1 Å². The third kappa shape index (κ3) is 4.38. The molecule has 9 nitrogen and oxygen atoms in total. The number of aromatic nitrogens is 4. The summed E-state index contributed by atoms with van der Waals surface area (Å²) in [7, 11) is -1.20. The van der Waals surface area contributed by atoms with E-state index in [-0.39, 0.29) is 17.4 Å². The van der Waals surface area contributed by atoms with E-state index < -0.39 is 15.4 Å². The lowest BCUT2D eigenvalue weighted by molar-refractivity contribution is -0.127. The van der Waals surface area contributed by atoms with Crippen LogP contribution in [0, 0.1) is 0 Å². The van der Waals surface area contributed by atoms with Gasteiger partial charge in [-0.2, -0.15) is 10.2 Å². The van der Waals surface area contributed by atoms with Crippen molar-refractivity contribution in [2.45, 2.75) is 25.3 Å². The summed E-state index contributed by atoms with van der Waals surface area (Å²) in [5.41, 5.74) is -0.804. The van der Waals surface area contributed by atoms with Crippen LogP contribution in [0.2, 0.25) is 0 Å². The second-order valence-electron chi connectivity index (χ2n) is 6.89. The number of piperidine rings is 1. The minimum Gasteiger partial charge on any atom is -0.307 e.